The van der Waals surface area contributed by atoms with Crippen molar-refractivity contribution < 1.29 is 37.0 Å². The van der Waals surface area contributed by atoms with Crippen LogP contribution in [-0.2, 0) is 30.0 Å². The molecule has 0 unspecified atom stereocenters. The Kier molecular flexibility index (Phi) is 6.47. The molecule has 1 aliphatic rings. The second kappa shape index (κ2) is 8.63. The van der Waals surface area contributed by atoms with Gasteiger partial charge in [0.1, 0.15) is 5.70 Å². The van der Waals surface area contributed by atoms with Crippen LogP contribution in [0.5, 0.6) is 0 Å². The van der Waals surface area contributed by atoms with Crippen molar-refractivity contribution in [1.82, 2.24) is 0 Å². The van der Waals surface area contributed by atoms with E-state index in [-0.39, 0.29) is 17.0 Å². The molecule has 0 saturated carbocycles. The number of nitrogens with one attached hydrogen (secondary N) is 1. The molecule has 2 rings (SSSR count). The number of methoxy groups -OCH3 is 2. The topological polar surface area (TPSA) is 84.9 Å². The average molecular weight is 410 g/mol. The highest BCUT2D eigenvalue weighted by molar-refractivity contribution is 6.05. The van der Waals surface area contributed by atoms with Crippen LogP contribution in [0.15, 0.2) is 53.9 Å². The van der Waals surface area contributed by atoms with Crippen LogP contribution in [0.4, 0.5) is 24.5 Å². The third-order valence-electron chi connectivity index (χ3n) is 3.79. The maximum absolute atomic E-state index is 13.5. The molecule has 1 N–H and O–H groups in total. The van der Waals surface area contributed by atoms with Gasteiger partial charge in [-0.25, -0.2) is 9.59 Å². The van der Waals surface area contributed by atoms with Crippen LogP contribution in [0.1, 0.15) is 12.5 Å². The van der Waals surface area contributed by atoms with E-state index >= 15 is 0 Å². The number of benzene rings is 1. The van der Waals surface area contributed by atoms with E-state index in [0.29, 0.717) is 0 Å². The lowest BCUT2D eigenvalue weighted by molar-refractivity contribution is -0.139. The van der Waals surface area contributed by atoms with Gasteiger partial charge in [0.25, 0.3) is 0 Å². The Hall–Kier alpha value is -3.56. The number of esters is 2. The molecule has 0 fully saturated rings. The third kappa shape index (κ3) is 4.84. The molecule has 1 amide bonds. The maximum Gasteiger partial charge on any atom is 0.418 e. The fourth-order valence-electron chi connectivity index (χ4n) is 2.58. The maximum atomic E-state index is 13.5. The summed E-state index contributed by atoms with van der Waals surface area (Å²) >= 11 is 0. The fraction of sp³-hybridized carbons (Fsp3) is 0.211. The third-order valence-corrected chi connectivity index (χ3v) is 3.79. The Balaban J connectivity index is 2.71. The Morgan fingerprint density at radius 3 is 2.24 bits per heavy atom. The van der Waals surface area contributed by atoms with Crippen molar-refractivity contribution in [3.8, 4) is 0 Å². The smallest absolute Gasteiger partial charge is 0.418 e. The molecule has 0 saturated heterocycles. The molecular formula is C19H17F3N2O5. The summed E-state index contributed by atoms with van der Waals surface area (Å²) < 4.78 is 49.9. The molecule has 1 heterocycles. The van der Waals surface area contributed by atoms with Gasteiger partial charge < -0.3 is 19.7 Å². The average Bonchev–Trinajstić information content (AvgIpc) is 2.88. The van der Waals surface area contributed by atoms with Crippen LogP contribution in [0.2, 0.25) is 0 Å². The van der Waals surface area contributed by atoms with Crippen molar-refractivity contribution in [2.75, 3.05) is 24.4 Å². The van der Waals surface area contributed by atoms with E-state index in [2.05, 4.69) is 10.1 Å². The van der Waals surface area contributed by atoms with E-state index in [9.17, 15) is 27.6 Å². The number of ether oxygens (including phenoxy) is 2. The number of carbonyl (C=O) groups is 3. The van der Waals surface area contributed by atoms with Crippen LogP contribution in [0.3, 0.4) is 0 Å². The molecule has 29 heavy (non-hydrogen) atoms. The first-order valence-electron chi connectivity index (χ1n) is 8.14. The first-order chi connectivity index (χ1) is 13.6. The van der Waals surface area contributed by atoms with Crippen LogP contribution < -0.4 is 10.2 Å². The fourth-order valence-corrected chi connectivity index (χ4v) is 2.58. The molecule has 154 valence electrons. The van der Waals surface area contributed by atoms with Crippen molar-refractivity contribution in [3.05, 3.63) is 59.5 Å². The second-order valence-corrected chi connectivity index (χ2v) is 5.72. The summed E-state index contributed by atoms with van der Waals surface area (Å²) in [6, 6.07) is 3.06. The van der Waals surface area contributed by atoms with Crippen LogP contribution in [0.25, 0.3) is 0 Å². The number of amides is 1. The zero-order chi connectivity index (χ0) is 21.8. The highest BCUT2D eigenvalue weighted by Gasteiger charge is 2.35. The van der Waals surface area contributed by atoms with Crippen molar-refractivity contribution in [3.63, 3.8) is 0 Å². The normalized spacial score (nSPS) is 13.8. The summed E-state index contributed by atoms with van der Waals surface area (Å²) in [6.07, 6.45) is 0.637. The number of halogens is 3. The molecule has 7 nitrogen and oxygen atoms in total. The molecule has 0 bridgehead atoms. The molecule has 0 aromatic heterocycles. The zero-order valence-corrected chi connectivity index (χ0v) is 15.7. The molecule has 0 atom stereocenters. The summed E-state index contributed by atoms with van der Waals surface area (Å²) in [5.74, 6) is -2.51. The quantitative estimate of drug-likeness (QED) is 0.768. The lowest BCUT2D eigenvalue weighted by Gasteiger charge is -2.24. The number of rotatable bonds is 4. The SMILES string of the molecule is COC(=O)C1=C(C(=O)OC)N(c2ccc(NC(C)=O)c(C(F)(F)F)c2)C=CC=C1. The molecule has 1 aliphatic heterocycles. The molecular weight excluding hydrogens is 393 g/mol. The summed E-state index contributed by atoms with van der Waals surface area (Å²) in [6.45, 7) is 1.08. The summed E-state index contributed by atoms with van der Waals surface area (Å²) in [7, 11) is 2.17. The van der Waals surface area contributed by atoms with Crippen LogP contribution in [0, 0.1) is 0 Å². The van der Waals surface area contributed by atoms with Crippen LogP contribution >= 0.6 is 0 Å². The standard InChI is InChI=1S/C19H17F3N2O5/c1-11(25)23-15-8-7-12(10-14(15)19(20,21)22)24-9-5-4-6-13(17(26)28-2)16(24)18(27)29-3/h4-10H,1-3H3,(H,23,25). The number of hydrogen-bond acceptors (Lipinski definition) is 6. The van der Waals surface area contributed by atoms with Gasteiger partial charge >= 0.3 is 18.1 Å². The summed E-state index contributed by atoms with van der Waals surface area (Å²) in [4.78, 5) is 36.8. The van der Waals surface area contributed by atoms with E-state index in [0.717, 1.165) is 38.2 Å². The minimum atomic E-state index is -4.79. The molecule has 1 aromatic rings. The van der Waals surface area contributed by atoms with E-state index in [1.807, 2.05) is 0 Å². The van der Waals surface area contributed by atoms with Gasteiger partial charge in [-0.05, 0) is 30.4 Å². The lowest BCUT2D eigenvalue weighted by Crippen LogP contribution is -2.27. The first-order valence-corrected chi connectivity index (χ1v) is 8.14. The summed E-state index contributed by atoms with van der Waals surface area (Å²) in [5.41, 5.74) is -2.19. The predicted molar refractivity (Wildman–Crippen MR) is 97.6 cm³/mol. The predicted octanol–water partition coefficient (Wildman–Crippen LogP) is 3.15. The first kappa shape index (κ1) is 21.7. The Bertz CT molecular complexity index is 932. The minimum Gasteiger partial charge on any atom is -0.465 e. The Morgan fingerprint density at radius 2 is 1.69 bits per heavy atom. The van der Waals surface area contributed by atoms with Crippen molar-refractivity contribution in [2.24, 2.45) is 0 Å². The largest absolute Gasteiger partial charge is 0.465 e. The van der Waals surface area contributed by atoms with Crippen LogP contribution in [-0.4, -0.2) is 32.1 Å². The highest BCUT2D eigenvalue weighted by atomic mass is 19.4. The van der Waals surface area contributed by atoms with Gasteiger partial charge in [-0.2, -0.15) is 13.2 Å². The number of nitrogens with zero attached hydrogens (tertiary/aromatic N) is 1. The highest BCUT2D eigenvalue weighted by Crippen LogP contribution is 2.38. The number of anilines is 2. The molecule has 0 spiro atoms. The minimum absolute atomic E-state index is 0.0896. The van der Waals surface area contributed by atoms with E-state index in [4.69, 9.17) is 4.74 Å². The van der Waals surface area contributed by atoms with Crippen molar-refractivity contribution in [1.29, 1.82) is 0 Å². The lowest BCUT2D eigenvalue weighted by atomic mass is 10.1. The zero-order valence-electron chi connectivity index (χ0n) is 15.7. The number of carbonyl (C=O) groups excluding carboxylic acids is 3. The van der Waals surface area contributed by atoms with Gasteiger partial charge in [-0.15, -0.1) is 0 Å². The van der Waals surface area contributed by atoms with Gasteiger partial charge in [0.05, 0.1) is 31.0 Å². The van der Waals surface area contributed by atoms with E-state index in [1.165, 1.54) is 30.5 Å². The van der Waals surface area contributed by atoms with Crippen molar-refractivity contribution in [2.45, 2.75) is 13.1 Å². The van der Waals surface area contributed by atoms with E-state index in [1.54, 1.807) is 0 Å². The molecule has 0 aliphatic carbocycles. The number of hydrogen-bond donors (Lipinski definition) is 1. The van der Waals surface area contributed by atoms with Gasteiger partial charge in [-0.3, -0.25) is 4.79 Å². The number of allylic oxidation sites excluding steroid dienone is 2. The summed E-state index contributed by atoms with van der Waals surface area (Å²) in [5, 5.41) is 2.12. The second-order valence-electron chi connectivity index (χ2n) is 5.72. The van der Waals surface area contributed by atoms with Crippen molar-refractivity contribution >= 4 is 29.2 Å². The van der Waals surface area contributed by atoms with Gasteiger partial charge in [0.2, 0.25) is 5.91 Å². The monoisotopic (exact) mass is 410 g/mol. The molecule has 1 aromatic carbocycles. The van der Waals surface area contributed by atoms with Gasteiger partial charge in [0.15, 0.2) is 0 Å². The van der Waals surface area contributed by atoms with Gasteiger partial charge in [0, 0.05) is 18.8 Å². The van der Waals surface area contributed by atoms with Gasteiger partial charge in [-0.1, -0.05) is 6.08 Å². The molecule has 0 radical (unpaired) electrons. The molecule has 10 heteroatoms. The Morgan fingerprint density at radius 1 is 1.03 bits per heavy atom. The Labute approximate surface area is 164 Å². The van der Waals surface area contributed by atoms with E-state index < -0.39 is 35.3 Å². The number of alkyl halides is 3.